The number of nitrogens with one attached hydrogen (secondary N) is 1. The molecule has 0 aromatic heterocycles. The number of rotatable bonds is 4. The van der Waals surface area contributed by atoms with Crippen molar-refractivity contribution in [1.29, 1.82) is 0 Å². The van der Waals surface area contributed by atoms with E-state index in [4.69, 9.17) is 0 Å². The summed E-state index contributed by atoms with van der Waals surface area (Å²) >= 11 is 0. The molecule has 0 saturated carbocycles. The lowest BCUT2D eigenvalue weighted by atomic mass is 9.80. The first-order chi connectivity index (χ1) is 9.74. The zero-order valence-electron chi connectivity index (χ0n) is 12.6. The SMILES string of the molecule is Cl.Cl.OC[C@H](c1ccccc1)N1CCCC[C@H]1C1(O)CNC1. The van der Waals surface area contributed by atoms with Crippen LogP contribution < -0.4 is 5.32 Å². The van der Waals surface area contributed by atoms with E-state index in [2.05, 4.69) is 22.3 Å². The van der Waals surface area contributed by atoms with Crippen LogP contribution in [0.25, 0.3) is 0 Å². The summed E-state index contributed by atoms with van der Waals surface area (Å²) in [5, 5.41) is 23.8. The highest BCUT2D eigenvalue weighted by molar-refractivity contribution is 5.85. The number of hydrogen-bond acceptors (Lipinski definition) is 4. The van der Waals surface area contributed by atoms with Crippen molar-refractivity contribution in [2.24, 2.45) is 0 Å². The second kappa shape index (κ2) is 8.48. The average molecular weight is 349 g/mol. The Hall–Kier alpha value is -0.360. The van der Waals surface area contributed by atoms with E-state index in [9.17, 15) is 10.2 Å². The molecular weight excluding hydrogens is 323 g/mol. The number of β-amino-alcohol motifs (C(OH)–C–C–N with tert-alkyl or cyclic N) is 1. The molecule has 1 aromatic rings. The minimum Gasteiger partial charge on any atom is -0.394 e. The molecule has 22 heavy (non-hydrogen) atoms. The normalized spacial score (nSPS) is 25.3. The molecule has 2 atom stereocenters. The highest BCUT2D eigenvalue weighted by atomic mass is 35.5. The van der Waals surface area contributed by atoms with E-state index in [1.54, 1.807) is 0 Å². The molecule has 4 nitrogen and oxygen atoms in total. The van der Waals surface area contributed by atoms with Crippen molar-refractivity contribution < 1.29 is 10.2 Å². The number of nitrogens with zero attached hydrogens (tertiary/aromatic N) is 1. The molecule has 3 rings (SSSR count). The molecule has 0 radical (unpaired) electrons. The smallest absolute Gasteiger partial charge is 0.105 e. The van der Waals surface area contributed by atoms with Crippen molar-refractivity contribution in [2.75, 3.05) is 26.2 Å². The minimum atomic E-state index is -0.622. The summed E-state index contributed by atoms with van der Waals surface area (Å²) in [6.07, 6.45) is 3.32. The number of aliphatic hydroxyl groups is 2. The minimum absolute atomic E-state index is 0. The Labute approximate surface area is 144 Å². The van der Waals surface area contributed by atoms with E-state index in [0.29, 0.717) is 13.1 Å². The summed E-state index contributed by atoms with van der Waals surface area (Å²) in [5.74, 6) is 0. The molecule has 0 unspecified atom stereocenters. The quantitative estimate of drug-likeness (QED) is 0.775. The van der Waals surface area contributed by atoms with Gasteiger partial charge in [-0.05, 0) is 24.9 Å². The molecule has 3 N–H and O–H groups in total. The fraction of sp³-hybridized carbons (Fsp3) is 0.625. The first-order valence-corrected chi connectivity index (χ1v) is 7.59. The Morgan fingerprint density at radius 3 is 2.41 bits per heavy atom. The third-order valence-corrected chi connectivity index (χ3v) is 4.78. The fourth-order valence-electron chi connectivity index (χ4n) is 3.60. The van der Waals surface area contributed by atoms with E-state index in [1.165, 1.54) is 0 Å². The van der Waals surface area contributed by atoms with E-state index in [0.717, 1.165) is 31.4 Å². The van der Waals surface area contributed by atoms with Crippen LogP contribution >= 0.6 is 24.8 Å². The Morgan fingerprint density at radius 1 is 1.18 bits per heavy atom. The molecule has 6 heteroatoms. The number of piperidine rings is 1. The Bertz CT molecular complexity index is 443. The number of likely N-dealkylation sites (tertiary alicyclic amines) is 1. The van der Waals surface area contributed by atoms with Crippen LogP contribution in [0.15, 0.2) is 30.3 Å². The molecule has 2 aliphatic rings. The number of benzene rings is 1. The van der Waals surface area contributed by atoms with Crippen LogP contribution in [0.4, 0.5) is 0 Å². The van der Waals surface area contributed by atoms with Gasteiger partial charge >= 0.3 is 0 Å². The standard InChI is InChI=1S/C16H24N2O2.2ClH/c19-10-14(13-6-2-1-3-7-13)18-9-5-4-8-15(18)16(20)11-17-12-16;;/h1-3,6-7,14-15,17,19-20H,4-5,8-12H2;2*1H/t14-,15+;;/m1../s1. The average Bonchev–Trinajstić information content (AvgIpc) is 2.47. The molecule has 126 valence electrons. The second-order valence-electron chi connectivity index (χ2n) is 6.07. The maximum Gasteiger partial charge on any atom is 0.105 e. The Balaban J connectivity index is 0.00000121. The molecular formula is C16H26Cl2N2O2. The predicted molar refractivity (Wildman–Crippen MR) is 92.9 cm³/mol. The van der Waals surface area contributed by atoms with Crippen molar-refractivity contribution in [1.82, 2.24) is 10.2 Å². The molecule has 2 fully saturated rings. The van der Waals surface area contributed by atoms with Crippen molar-refractivity contribution >= 4 is 24.8 Å². The topological polar surface area (TPSA) is 55.7 Å². The van der Waals surface area contributed by atoms with Gasteiger partial charge in [0.2, 0.25) is 0 Å². The van der Waals surface area contributed by atoms with E-state index < -0.39 is 5.60 Å². The summed E-state index contributed by atoms with van der Waals surface area (Å²) in [5.41, 5.74) is 0.514. The van der Waals surface area contributed by atoms with Crippen LogP contribution in [0.3, 0.4) is 0 Å². The van der Waals surface area contributed by atoms with Crippen LogP contribution in [-0.2, 0) is 0 Å². The van der Waals surface area contributed by atoms with E-state index >= 15 is 0 Å². The van der Waals surface area contributed by atoms with Gasteiger partial charge < -0.3 is 15.5 Å². The Kier molecular flexibility index (Phi) is 7.59. The summed E-state index contributed by atoms with van der Waals surface area (Å²) in [6, 6.07) is 10.3. The van der Waals surface area contributed by atoms with Crippen LogP contribution in [0.2, 0.25) is 0 Å². The van der Waals surface area contributed by atoms with Crippen molar-refractivity contribution in [2.45, 2.75) is 36.9 Å². The van der Waals surface area contributed by atoms with Crippen LogP contribution in [-0.4, -0.2) is 53.0 Å². The molecule has 2 heterocycles. The molecule has 2 aliphatic heterocycles. The third-order valence-electron chi connectivity index (χ3n) is 4.78. The first-order valence-electron chi connectivity index (χ1n) is 7.59. The molecule has 0 aliphatic carbocycles. The zero-order valence-corrected chi connectivity index (χ0v) is 14.3. The third kappa shape index (κ3) is 3.75. The predicted octanol–water partition coefficient (Wildman–Crippen LogP) is 1.75. The van der Waals surface area contributed by atoms with E-state index in [-0.39, 0.29) is 43.5 Å². The number of hydrogen-bond donors (Lipinski definition) is 3. The summed E-state index contributed by atoms with van der Waals surface area (Å²) < 4.78 is 0. The van der Waals surface area contributed by atoms with Gasteiger partial charge in [0.1, 0.15) is 5.60 Å². The second-order valence-corrected chi connectivity index (χ2v) is 6.07. The van der Waals surface area contributed by atoms with Crippen LogP contribution in [0, 0.1) is 0 Å². The van der Waals surface area contributed by atoms with Gasteiger partial charge in [-0.3, -0.25) is 4.90 Å². The highest BCUT2D eigenvalue weighted by Gasteiger charge is 2.47. The van der Waals surface area contributed by atoms with E-state index in [1.807, 2.05) is 18.2 Å². The summed E-state index contributed by atoms with van der Waals surface area (Å²) in [4.78, 5) is 2.32. The van der Waals surface area contributed by atoms with Gasteiger partial charge in [-0.15, -0.1) is 24.8 Å². The molecule has 0 amide bonds. The summed E-state index contributed by atoms with van der Waals surface area (Å²) in [7, 11) is 0. The lowest BCUT2D eigenvalue weighted by Gasteiger charge is -2.52. The zero-order chi connectivity index (χ0) is 14.0. The van der Waals surface area contributed by atoms with Crippen LogP contribution in [0.1, 0.15) is 30.9 Å². The molecule has 0 spiro atoms. The lowest BCUT2D eigenvalue weighted by Crippen LogP contribution is -2.70. The lowest BCUT2D eigenvalue weighted by molar-refractivity contribution is -0.111. The monoisotopic (exact) mass is 348 g/mol. The van der Waals surface area contributed by atoms with Gasteiger partial charge in [0, 0.05) is 19.1 Å². The maximum absolute atomic E-state index is 10.7. The van der Waals surface area contributed by atoms with Gasteiger partial charge in [0.05, 0.1) is 12.6 Å². The van der Waals surface area contributed by atoms with Gasteiger partial charge in [0.15, 0.2) is 0 Å². The highest BCUT2D eigenvalue weighted by Crippen LogP contribution is 2.35. The molecule has 2 saturated heterocycles. The van der Waals surface area contributed by atoms with Gasteiger partial charge in [-0.1, -0.05) is 36.8 Å². The van der Waals surface area contributed by atoms with Crippen molar-refractivity contribution in [3.8, 4) is 0 Å². The van der Waals surface area contributed by atoms with Crippen molar-refractivity contribution in [3.63, 3.8) is 0 Å². The van der Waals surface area contributed by atoms with Gasteiger partial charge in [0.25, 0.3) is 0 Å². The molecule has 1 aromatic carbocycles. The Morgan fingerprint density at radius 2 is 1.86 bits per heavy atom. The van der Waals surface area contributed by atoms with Crippen molar-refractivity contribution in [3.05, 3.63) is 35.9 Å². The summed E-state index contributed by atoms with van der Waals surface area (Å²) in [6.45, 7) is 2.39. The van der Waals surface area contributed by atoms with Gasteiger partial charge in [-0.2, -0.15) is 0 Å². The molecule has 0 bridgehead atoms. The maximum atomic E-state index is 10.7. The largest absolute Gasteiger partial charge is 0.394 e. The fourth-order valence-corrected chi connectivity index (χ4v) is 3.60. The number of aliphatic hydroxyl groups excluding tert-OH is 1. The van der Waals surface area contributed by atoms with Gasteiger partial charge in [-0.25, -0.2) is 0 Å². The van der Waals surface area contributed by atoms with Crippen LogP contribution in [0.5, 0.6) is 0 Å². The first kappa shape index (κ1) is 19.7. The number of halogens is 2.